The molecule has 252 valence electrons. The highest BCUT2D eigenvalue weighted by Crippen LogP contribution is 2.60. The molecule has 47 heavy (non-hydrogen) atoms. The second-order valence-corrected chi connectivity index (χ2v) is 15.4. The topological polar surface area (TPSA) is 113 Å². The summed E-state index contributed by atoms with van der Waals surface area (Å²) in [5.74, 6) is 1.66. The van der Waals surface area contributed by atoms with Crippen molar-refractivity contribution >= 4 is 47.7 Å². The van der Waals surface area contributed by atoms with E-state index >= 15 is 0 Å². The standard InChI is InChI=1S/C22H19Cl2NO3.C12H21N2O3PS/c1-22(2)17(12-19(23)24)20(22)21(26)28-18(13-25)14-7-6-10-16(11-14)27-15-8-4-3-5-9-15;1-6-15-18(19,16-7-2)17-11-8-10(5)13-12(14-11)9(3)4/h3-12,17-18,20H,1-2H3;8-9H,6-7H2,1-5H3/t17-,18?,20+;/m1./s1. The largest absolute Gasteiger partial charge is 0.457 e. The van der Waals surface area contributed by atoms with Crippen LogP contribution in [0.1, 0.15) is 70.6 Å². The number of para-hydroxylation sites is 1. The van der Waals surface area contributed by atoms with E-state index in [-0.39, 0.29) is 27.7 Å². The average Bonchev–Trinajstić information content (AvgIpc) is 3.54. The minimum Gasteiger partial charge on any atom is -0.457 e. The Kier molecular flexibility index (Phi) is 14.2. The first kappa shape index (κ1) is 38.4. The lowest BCUT2D eigenvalue weighted by Crippen LogP contribution is -2.14. The molecule has 2 aromatic carbocycles. The summed E-state index contributed by atoms with van der Waals surface area (Å²) in [4.78, 5) is 21.3. The maximum atomic E-state index is 12.6. The van der Waals surface area contributed by atoms with Gasteiger partial charge in [-0.25, -0.2) is 4.98 Å². The number of hydrogen-bond acceptors (Lipinski definition) is 10. The highest BCUT2D eigenvalue weighted by Gasteiger charge is 2.62. The van der Waals surface area contributed by atoms with Crippen LogP contribution >= 0.6 is 29.9 Å². The number of allylic oxidation sites excluding steroid dienone is 1. The fraction of sp³-hybridized carbons (Fsp3) is 0.412. The summed E-state index contributed by atoms with van der Waals surface area (Å²) in [5, 5.41) is 9.53. The van der Waals surface area contributed by atoms with E-state index in [0.29, 0.717) is 36.2 Å². The number of aromatic nitrogens is 2. The predicted molar refractivity (Wildman–Crippen MR) is 187 cm³/mol. The van der Waals surface area contributed by atoms with E-state index in [2.05, 4.69) is 9.97 Å². The van der Waals surface area contributed by atoms with Crippen LogP contribution in [0, 0.1) is 35.5 Å². The van der Waals surface area contributed by atoms with Crippen molar-refractivity contribution in [3.8, 4) is 23.4 Å². The minimum absolute atomic E-state index is 0.114. The van der Waals surface area contributed by atoms with Gasteiger partial charge in [0.2, 0.25) is 12.0 Å². The van der Waals surface area contributed by atoms with Crippen molar-refractivity contribution in [3.63, 3.8) is 0 Å². The molecule has 1 unspecified atom stereocenters. The molecule has 13 heteroatoms. The number of nitrogens with zero attached hydrogens (tertiary/aromatic N) is 3. The van der Waals surface area contributed by atoms with E-state index in [0.717, 1.165) is 11.5 Å². The van der Waals surface area contributed by atoms with E-state index in [1.165, 1.54) is 0 Å². The molecule has 0 aliphatic heterocycles. The first-order valence-corrected chi connectivity index (χ1v) is 18.4. The predicted octanol–water partition coefficient (Wildman–Crippen LogP) is 9.76. The Labute approximate surface area is 292 Å². The summed E-state index contributed by atoms with van der Waals surface area (Å²) in [6.07, 6.45) is 0.615. The number of carbonyl (C=O) groups is 1. The van der Waals surface area contributed by atoms with Crippen LogP contribution in [0.15, 0.2) is 71.2 Å². The van der Waals surface area contributed by atoms with Gasteiger partial charge in [-0.1, -0.05) is 81.2 Å². The van der Waals surface area contributed by atoms with Gasteiger partial charge in [-0.2, -0.15) is 10.2 Å². The van der Waals surface area contributed by atoms with Gasteiger partial charge in [-0.3, -0.25) is 13.8 Å². The molecule has 3 atom stereocenters. The molecule has 0 bridgehead atoms. The Morgan fingerprint density at radius 3 is 2.26 bits per heavy atom. The van der Waals surface area contributed by atoms with Crippen LogP contribution in [-0.2, 0) is 30.4 Å². The number of rotatable bonds is 13. The normalized spacial score (nSPS) is 17.0. The van der Waals surface area contributed by atoms with E-state index in [4.69, 9.17) is 58.1 Å². The molecule has 0 spiro atoms. The smallest absolute Gasteiger partial charge is 0.381 e. The number of esters is 1. The first-order valence-electron chi connectivity index (χ1n) is 15.1. The lowest BCUT2D eigenvalue weighted by molar-refractivity contribution is -0.149. The third-order valence-electron chi connectivity index (χ3n) is 7.11. The highest BCUT2D eigenvalue weighted by atomic mass is 35.5. The molecule has 9 nitrogen and oxygen atoms in total. The molecule has 0 radical (unpaired) electrons. The minimum atomic E-state index is -2.77. The van der Waals surface area contributed by atoms with Crippen molar-refractivity contribution in [2.45, 2.75) is 60.5 Å². The van der Waals surface area contributed by atoms with Gasteiger partial charge in [0, 0.05) is 35.0 Å². The fourth-order valence-electron chi connectivity index (χ4n) is 4.69. The number of carbonyl (C=O) groups excluding carboxylic acids is 1. The van der Waals surface area contributed by atoms with Crippen LogP contribution in [0.2, 0.25) is 0 Å². The Morgan fingerprint density at radius 1 is 1.04 bits per heavy atom. The maximum absolute atomic E-state index is 12.6. The number of nitriles is 1. The molecule has 3 aromatic rings. The van der Waals surface area contributed by atoms with Gasteiger partial charge in [0.25, 0.3) is 0 Å². The molecular formula is C34H40Cl2N3O6PS. The number of halogens is 2. The summed E-state index contributed by atoms with van der Waals surface area (Å²) in [6, 6.07) is 20.0. The third kappa shape index (κ3) is 11.3. The second kappa shape index (κ2) is 17.4. The van der Waals surface area contributed by atoms with Crippen LogP contribution in [0.3, 0.4) is 0 Å². The SMILES string of the molecule is CC1(C)[C@H](C=C(Cl)Cl)[C@H]1C(=O)OC(C#N)c1cccc(Oc2ccccc2)c1.CCOP(=S)(OCC)Oc1cc(C)nc(C(C)C)n1. The van der Waals surface area contributed by atoms with Gasteiger partial charge in [-0.05, 0) is 62.4 Å². The molecule has 4 rings (SSSR count). The zero-order valence-corrected chi connectivity index (χ0v) is 30.7. The molecule has 1 aliphatic carbocycles. The number of aryl methyl sites for hydroxylation is 1. The van der Waals surface area contributed by atoms with Crippen LogP contribution in [0.25, 0.3) is 0 Å². The fourth-order valence-corrected chi connectivity index (χ4v) is 6.95. The summed E-state index contributed by atoms with van der Waals surface area (Å²) in [6.45, 7) is 11.7. The van der Waals surface area contributed by atoms with Gasteiger partial charge in [-0.15, -0.1) is 0 Å². The molecule has 1 aliphatic rings. The van der Waals surface area contributed by atoms with Crippen LogP contribution < -0.4 is 9.26 Å². The number of benzene rings is 2. The van der Waals surface area contributed by atoms with E-state index in [1.54, 1.807) is 36.4 Å². The molecule has 1 aromatic heterocycles. The summed E-state index contributed by atoms with van der Waals surface area (Å²) < 4.78 is 28.0. The lowest BCUT2D eigenvalue weighted by atomic mass is 10.1. The van der Waals surface area contributed by atoms with Crippen molar-refractivity contribution in [2.24, 2.45) is 17.3 Å². The summed E-state index contributed by atoms with van der Waals surface area (Å²) >= 11 is 16.8. The van der Waals surface area contributed by atoms with Gasteiger partial charge < -0.3 is 14.0 Å². The number of ether oxygens (including phenoxy) is 2. The van der Waals surface area contributed by atoms with Crippen LogP contribution in [0.4, 0.5) is 0 Å². The zero-order valence-electron chi connectivity index (χ0n) is 27.5. The van der Waals surface area contributed by atoms with Crippen LogP contribution in [-0.4, -0.2) is 29.2 Å². The monoisotopic (exact) mass is 719 g/mol. The average molecular weight is 721 g/mol. The van der Waals surface area contributed by atoms with Crippen molar-refractivity contribution in [3.05, 3.63) is 88.3 Å². The molecule has 0 saturated heterocycles. The van der Waals surface area contributed by atoms with Crippen molar-refractivity contribution in [1.82, 2.24) is 9.97 Å². The first-order chi connectivity index (χ1) is 22.2. The second-order valence-electron chi connectivity index (χ2n) is 11.4. The van der Waals surface area contributed by atoms with Gasteiger partial charge in [0.1, 0.15) is 27.9 Å². The highest BCUT2D eigenvalue weighted by molar-refractivity contribution is 8.07. The lowest BCUT2D eigenvalue weighted by Gasteiger charge is -2.20. The van der Waals surface area contributed by atoms with Crippen molar-refractivity contribution < 1.29 is 27.8 Å². The molecule has 1 heterocycles. The molecule has 1 fully saturated rings. The molecule has 0 N–H and O–H groups in total. The van der Waals surface area contributed by atoms with E-state index in [1.807, 2.05) is 84.9 Å². The Balaban J connectivity index is 0.000000277. The van der Waals surface area contributed by atoms with Crippen LogP contribution in [0.5, 0.6) is 17.4 Å². The molecule has 0 amide bonds. The van der Waals surface area contributed by atoms with E-state index < -0.39 is 18.8 Å². The quantitative estimate of drug-likeness (QED) is 0.125. The molecular weight excluding hydrogens is 680 g/mol. The summed E-state index contributed by atoms with van der Waals surface area (Å²) in [7, 11) is 0. The van der Waals surface area contributed by atoms with Crippen molar-refractivity contribution in [2.75, 3.05) is 13.2 Å². The molecule has 1 saturated carbocycles. The Hall–Kier alpha value is -3.03. The van der Waals surface area contributed by atoms with Gasteiger partial charge >= 0.3 is 12.7 Å². The van der Waals surface area contributed by atoms with Gasteiger partial charge in [0.05, 0.1) is 19.1 Å². The Bertz CT molecular complexity index is 1620. The zero-order chi connectivity index (χ0) is 34.8. The third-order valence-corrected chi connectivity index (χ3v) is 9.77. The summed E-state index contributed by atoms with van der Waals surface area (Å²) in [5.41, 5.74) is 1.07. The number of hydrogen-bond donors (Lipinski definition) is 0. The van der Waals surface area contributed by atoms with E-state index in [9.17, 15) is 10.1 Å². The van der Waals surface area contributed by atoms with Gasteiger partial charge in [0.15, 0.2) is 0 Å². The van der Waals surface area contributed by atoms with Crippen molar-refractivity contribution in [1.29, 1.82) is 5.26 Å². The maximum Gasteiger partial charge on any atom is 0.381 e. The Morgan fingerprint density at radius 2 is 1.68 bits per heavy atom.